The van der Waals surface area contributed by atoms with Gasteiger partial charge < -0.3 is 8.85 Å². The van der Waals surface area contributed by atoms with Crippen LogP contribution >= 0.6 is 0 Å². The molecule has 2 nitrogen and oxygen atoms in total. The summed E-state index contributed by atoms with van der Waals surface area (Å²) in [5, 5.41) is 0. The lowest BCUT2D eigenvalue weighted by Gasteiger charge is -2.48. The molecule has 0 fully saturated rings. The maximum atomic E-state index is 6.94. The van der Waals surface area contributed by atoms with Crippen LogP contribution in [0.4, 0.5) is 0 Å². The first-order valence-corrected chi connectivity index (χ1v) is 15.6. The smallest absolute Gasteiger partial charge is 0.203 e. The first kappa shape index (κ1) is 24.6. The van der Waals surface area contributed by atoms with E-state index in [2.05, 4.69) is 83.1 Å². The van der Waals surface area contributed by atoms with E-state index in [9.17, 15) is 0 Å². The fourth-order valence-electron chi connectivity index (χ4n) is 5.42. The second kappa shape index (κ2) is 9.49. The third kappa shape index (κ3) is 4.84. The molecule has 0 aliphatic carbocycles. The van der Waals surface area contributed by atoms with Gasteiger partial charge in [-0.15, -0.1) is 0 Å². The van der Waals surface area contributed by atoms with Crippen molar-refractivity contribution < 1.29 is 8.85 Å². The molecule has 0 rings (SSSR count). The van der Waals surface area contributed by atoms with Crippen molar-refractivity contribution >= 4 is 26.9 Å². The summed E-state index contributed by atoms with van der Waals surface area (Å²) in [6, 6.07) is 0. The minimum Gasteiger partial charge on any atom is -0.396 e. The fraction of sp³-hybridized carbons (Fsp3) is 1.00. The molecule has 0 N–H and O–H groups in total. The van der Waals surface area contributed by atoms with Crippen LogP contribution in [0.25, 0.3) is 0 Å². The first-order chi connectivity index (χ1) is 10.8. The standard InChI is InChI=1S/C19H46O2Si3/c1-13(2)23(14(3)4,15(5)6)20-19(22)21-24(16(7)8,17(9)10)18(11)12/h13-19H,1-12,22H3. The Morgan fingerprint density at radius 2 is 0.625 bits per heavy atom. The molecule has 0 aromatic carbocycles. The van der Waals surface area contributed by atoms with Gasteiger partial charge >= 0.3 is 0 Å². The zero-order valence-corrected chi connectivity index (χ0v) is 22.9. The highest BCUT2D eigenvalue weighted by molar-refractivity contribution is 6.79. The average molecular weight is 391 g/mol. The molecule has 0 amide bonds. The SMILES string of the molecule is CC(C)[Si](OC([SiH3])O[Si](C(C)C)(C(C)C)C(C)C)(C(C)C)C(C)C. The molecule has 0 aliphatic rings. The van der Waals surface area contributed by atoms with Crippen molar-refractivity contribution in [2.45, 2.75) is 122 Å². The Kier molecular flexibility index (Phi) is 9.72. The van der Waals surface area contributed by atoms with Crippen LogP contribution in [-0.2, 0) is 8.85 Å². The molecule has 5 heteroatoms. The van der Waals surface area contributed by atoms with Gasteiger partial charge in [0.25, 0.3) is 0 Å². The largest absolute Gasteiger partial charge is 0.396 e. The highest BCUT2D eigenvalue weighted by Gasteiger charge is 2.50. The second-order valence-corrected chi connectivity index (χ2v) is 21.2. The van der Waals surface area contributed by atoms with Crippen LogP contribution in [-0.4, -0.2) is 32.8 Å². The monoisotopic (exact) mass is 390 g/mol. The van der Waals surface area contributed by atoms with Crippen LogP contribution in [0.5, 0.6) is 0 Å². The maximum Gasteiger partial charge on any atom is 0.203 e. The van der Waals surface area contributed by atoms with Crippen molar-refractivity contribution in [3.8, 4) is 0 Å². The summed E-state index contributed by atoms with van der Waals surface area (Å²) >= 11 is 0. The quantitative estimate of drug-likeness (QED) is 0.335. The fourth-order valence-corrected chi connectivity index (χ4v) is 18.8. The van der Waals surface area contributed by atoms with Gasteiger partial charge in [0, 0.05) is 0 Å². The van der Waals surface area contributed by atoms with Crippen molar-refractivity contribution in [1.29, 1.82) is 0 Å². The molecule has 0 radical (unpaired) electrons. The minimum atomic E-state index is -1.86. The Morgan fingerprint density at radius 1 is 0.458 bits per heavy atom. The van der Waals surface area contributed by atoms with E-state index in [4.69, 9.17) is 8.85 Å². The van der Waals surface area contributed by atoms with Gasteiger partial charge in [0.15, 0.2) is 0 Å². The summed E-state index contributed by atoms with van der Waals surface area (Å²) in [5.41, 5.74) is 3.70. The average Bonchev–Trinajstić information content (AvgIpc) is 2.39. The van der Waals surface area contributed by atoms with Gasteiger partial charge in [0.1, 0.15) is 5.91 Å². The molecule has 24 heavy (non-hydrogen) atoms. The zero-order valence-electron chi connectivity index (χ0n) is 18.9. The Morgan fingerprint density at radius 3 is 0.750 bits per heavy atom. The van der Waals surface area contributed by atoms with Crippen LogP contribution in [0.1, 0.15) is 83.1 Å². The van der Waals surface area contributed by atoms with Gasteiger partial charge in [-0.3, -0.25) is 0 Å². The minimum absolute atomic E-state index is 0.0442. The summed E-state index contributed by atoms with van der Waals surface area (Å²) in [6.07, 6.45) is 0. The predicted molar refractivity (Wildman–Crippen MR) is 118 cm³/mol. The molecule has 0 spiro atoms. The van der Waals surface area contributed by atoms with Gasteiger partial charge in [-0.25, -0.2) is 0 Å². The lowest BCUT2D eigenvalue weighted by molar-refractivity contribution is 0.0446. The van der Waals surface area contributed by atoms with Gasteiger partial charge in [0.2, 0.25) is 16.6 Å². The second-order valence-electron chi connectivity index (χ2n) is 9.44. The third-order valence-corrected chi connectivity index (χ3v) is 19.9. The van der Waals surface area contributed by atoms with E-state index < -0.39 is 16.6 Å². The van der Waals surface area contributed by atoms with Crippen LogP contribution in [0, 0.1) is 0 Å². The van der Waals surface area contributed by atoms with Crippen molar-refractivity contribution in [2.24, 2.45) is 0 Å². The first-order valence-electron chi connectivity index (χ1n) is 10.1. The van der Waals surface area contributed by atoms with Crippen LogP contribution in [0.2, 0.25) is 33.2 Å². The van der Waals surface area contributed by atoms with Crippen LogP contribution in [0.15, 0.2) is 0 Å². The number of hydrogen-bond acceptors (Lipinski definition) is 2. The topological polar surface area (TPSA) is 18.5 Å². The van der Waals surface area contributed by atoms with Gasteiger partial charge in [0.05, 0.1) is 10.2 Å². The predicted octanol–water partition coefficient (Wildman–Crippen LogP) is 6.02. The highest BCUT2D eigenvalue weighted by Crippen LogP contribution is 2.46. The van der Waals surface area contributed by atoms with E-state index in [-0.39, 0.29) is 5.91 Å². The van der Waals surface area contributed by atoms with Gasteiger partial charge in [-0.2, -0.15) is 0 Å². The van der Waals surface area contributed by atoms with E-state index in [0.29, 0.717) is 33.2 Å². The van der Waals surface area contributed by atoms with Crippen molar-refractivity contribution in [3.63, 3.8) is 0 Å². The summed E-state index contributed by atoms with van der Waals surface area (Å²) in [7, 11) is -2.77. The molecular weight excluding hydrogens is 344 g/mol. The van der Waals surface area contributed by atoms with E-state index in [1.165, 1.54) is 0 Å². The number of hydrogen-bond donors (Lipinski definition) is 0. The molecule has 0 atom stereocenters. The Bertz CT molecular complexity index is 288. The molecule has 0 saturated carbocycles. The van der Waals surface area contributed by atoms with Gasteiger partial charge in [-0.1, -0.05) is 83.1 Å². The Balaban J connectivity index is 5.64. The van der Waals surface area contributed by atoms with Crippen LogP contribution in [0.3, 0.4) is 0 Å². The molecular formula is C19H46O2Si3. The molecule has 0 heterocycles. The molecule has 0 saturated heterocycles. The Hall–Kier alpha value is 0.571. The molecule has 0 bridgehead atoms. The van der Waals surface area contributed by atoms with Crippen molar-refractivity contribution in [3.05, 3.63) is 0 Å². The molecule has 0 unspecified atom stereocenters. The maximum absolute atomic E-state index is 6.94. The van der Waals surface area contributed by atoms with Crippen LogP contribution < -0.4 is 0 Å². The lowest BCUT2D eigenvalue weighted by Crippen LogP contribution is -2.56. The molecule has 0 aromatic rings. The summed E-state index contributed by atoms with van der Waals surface area (Å²) in [4.78, 5) is 0. The third-order valence-electron chi connectivity index (χ3n) is 6.15. The summed E-state index contributed by atoms with van der Waals surface area (Å²) < 4.78 is 13.9. The zero-order chi connectivity index (χ0) is 19.5. The summed E-state index contributed by atoms with van der Waals surface area (Å²) in [5.74, 6) is 0.0442. The number of rotatable bonds is 10. The van der Waals surface area contributed by atoms with E-state index in [1.807, 2.05) is 0 Å². The lowest BCUT2D eigenvalue weighted by atomic mass is 10.5. The van der Waals surface area contributed by atoms with E-state index in [0.717, 1.165) is 10.2 Å². The van der Waals surface area contributed by atoms with Gasteiger partial charge in [-0.05, 0) is 33.2 Å². The van der Waals surface area contributed by atoms with Crippen molar-refractivity contribution in [1.82, 2.24) is 0 Å². The molecule has 0 aliphatic heterocycles. The normalized spacial score (nSPS) is 14.6. The summed E-state index contributed by atoms with van der Waals surface area (Å²) in [6.45, 7) is 28.3. The highest BCUT2D eigenvalue weighted by atomic mass is 28.4. The Labute approximate surface area is 158 Å². The molecule has 0 aromatic heterocycles. The molecule has 146 valence electrons. The van der Waals surface area contributed by atoms with Crippen molar-refractivity contribution in [2.75, 3.05) is 0 Å². The van der Waals surface area contributed by atoms with E-state index >= 15 is 0 Å². The van der Waals surface area contributed by atoms with E-state index in [1.54, 1.807) is 0 Å².